The van der Waals surface area contributed by atoms with Crippen molar-refractivity contribution in [2.24, 2.45) is 0 Å². The summed E-state index contributed by atoms with van der Waals surface area (Å²) in [7, 11) is 2.84. The van der Waals surface area contributed by atoms with Gasteiger partial charge in [0, 0.05) is 18.9 Å². The highest BCUT2D eigenvalue weighted by Gasteiger charge is 2.18. The average molecular weight is 317 g/mol. The highest BCUT2D eigenvalue weighted by atomic mass is 79.9. The number of alkyl halides is 1. The third-order valence-electron chi connectivity index (χ3n) is 2.41. The number of halogens is 1. The predicted molar refractivity (Wildman–Crippen MR) is 72.2 cm³/mol. The molecule has 1 aromatic rings. The minimum Gasteiger partial charge on any atom is -0.493 e. The fraction of sp³-hybridized carbons (Fsp3) is 0.462. The number of benzene rings is 1. The van der Waals surface area contributed by atoms with Crippen molar-refractivity contribution < 1.29 is 19.0 Å². The summed E-state index contributed by atoms with van der Waals surface area (Å²) in [5.74, 6) is 0.413. The molecule has 0 aliphatic heterocycles. The van der Waals surface area contributed by atoms with E-state index in [1.54, 1.807) is 0 Å². The van der Waals surface area contributed by atoms with Crippen molar-refractivity contribution in [2.45, 2.75) is 12.5 Å². The largest absolute Gasteiger partial charge is 0.493 e. The Morgan fingerprint density at radius 1 is 1.39 bits per heavy atom. The molecule has 0 aromatic heterocycles. The summed E-state index contributed by atoms with van der Waals surface area (Å²) in [6, 6.07) is 7.60. The van der Waals surface area contributed by atoms with E-state index in [9.17, 15) is 4.79 Å². The number of carbonyl (C=O) groups excluding carboxylic acids is 1. The summed E-state index contributed by atoms with van der Waals surface area (Å²) in [6.07, 6.45) is -0.115. The van der Waals surface area contributed by atoms with Gasteiger partial charge in [-0.15, -0.1) is 0 Å². The van der Waals surface area contributed by atoms with Crippen LogP contribution in [0.2, 0.25) is 0 Å². The van der Waals surface area contributed by atoms with Crippen LogP contribution in [-0.4, -0.2) is 38.2 Å². The molecular weight excluding hydrogens is 300 g/mol. The van der Waals surface area contributed by atoms with E-state index in [2.05, 4.69) is 20.7 Å². The summed E-state index contributed by atoms with van der Waals surface area (Å²) < 4.78 is 15.3. The maximum absolute atomic E-state index is 11.4. The number of hydrogen-bond donors (Lipinski definition) is 0. The molecule has 4 nitrogen and oxygen atoms in total. The zero-order valence-electron chi connectivity index (χ0n) is 10.5. The molecule has 0 bridgehead atoms. The summed E-state index contributed by atoms with van der Waals surface area (Å²) in [5.41, 5.74) is 0.972. The molecule has 0 amide bonds. The molecule has 100 valence electrons. The van der Waals surface area contributed by atoms with E-state index in [0.717, 1.165) is 16.6 Å². The van der Waals surface area contributed by atoms with E-state index in [0.29, 0.717) is 13.0 Å². The van der Waals surface area contributed by atoms with Gasteiger partial charge in [0.15, 0.2) is 6.10 Å². The van der Waals surface area contributed by atoms with Crippen LogP contribution in [-0.2, 0) is 20.7 Å². The lowest BCUT2D eigenvalue weighted by molar-refractivity contribution is -0.152. The Kier molecular flexibility index (Phi) is 6.75. The lowest BCUT2D eigenvalue weighted by atomic mass is 10.1. The van der Waals surface area contributed by atoms with Crippen molar-refractivity contribution in [1.82, 2.24) is 0 Å². The van der Waals surface area contributed by atoms with E-state index in [1.165, 1.54) is 14.2 Å². The Morgan fingerprint density at radius 2 is 2.17 bits per heavy atom. The van der Waals surface area contributed by atoms with Crippen LogP contribution < -0.4 is 4.74 Å². The second kappa shape index (κ2) is 8.11. The van der Waals surface area contributed by atoms with Crippen LogP contribution in [0.3, 0.4) is 0 Å². The first-order valence-corrected chi connectivity index (χ1v) is 6.71. The Morgan fingerprint density at radius 3 is 2.78 bits per heavy atom. The number of carbonyl (C=O) groups is 1. The molecule has 0 heterocycles. The van der Waals surface area contributed by atoms with Crippen molar-refractivity contribution >= 4 is 21.9 Å². The SMILES string of the molecule is COC(=O)[C@H](Cc1cccc(OCCBr)c1)OC. The van der Waals surface area contributed by atoms with Gasteiger partial charge in [-0.25, -0.2) is 4.79 Å². The minimum atomic E-state index is -0.582. The van der Waals surface area contributed by atoms with E-state index in [4.69, 9.17) is 9.47 Å². The normalized spacial score (nSPS) is 11.9. The second-order valence-corrected chi connectivity index (χ2v) is 4.43. The first-order valence-electron chi connectivity index (χ1n) is 5.59. The third kappa shape index (κ3) is 4.66. The topological polar surface area (TPSA) is 44.8 Å². The van der Waals surface area contributed by atoms with Crippen molar-refractivity contribution in [1.29, 1.82) is 0 Å². The third-order valence-corrected chi connectivity index (χ3v) is 2.74. The summed E-state index contributed by atoms with van der Waals surface area (Å²) in [5, 5.41) is 0.778. The van der Waals surface area contributed by atoms with Gasteiger partial charge in [0.05, 0.1) is 13.7 Å². The molecule has 0 radical (unpaired) electrons. The molecule has 0 saturated heterocycles. The quantitative estimate of drug-likeness (QED) is 0.571. The summed E-state index contributed by atoms with van der Waals surface area (Å²) in [6.45, 7) is 0.605. The highest BCUT2D eigenvalue weighted by molar-refractivity contribution is 9.09. The van der Waals surface area contributed by atoms with Crippen molar-refractivity contribution in [2.75, 3.05) is 26.2 Å². The van der Waals surface area contributed by atoms with Gasteiger partial charge in [0.1, 0.15) is 5.75 Å². The Bertz CT molecular complexity index is 381. The van der Waals surface area contributed by atoms with Gasteiger partial charge in [-0.2, -0.15) is 0 Å². The molecule has 1 rings (SSSR count). The highest BCUT2D eigenvalue weighted by Crippen LogP contribution is 2.16. The van der Waals surface area contributed by atoms with Gasteiger partial charge >= 0.3 is 5.97 Å². The Balaban J connectivity index is 2.68. The molecule has 5 heteroatoms. The van der Waals surface area contributed by atoms with Crippen LogP contribution in [0, 0.1) is 0 Å². The van der Waals surface area contributed by atoms with Gasteiger partial charge in [-0.05, 0) is 17.7 Å². The van der Waals surface area contributed by atoms with Crippen LogP contribution in [0.1, 0.15) is 5.56 Å². The average Bonchev–Trinajstić information content (AvgIpc) is 2.42. The fourth-order valence-corrected chi connectivity index (χ4v) is 1.69. The summed E-state index contributed by atoms with van der Waals surface area (Å²) in [4.78, 5) is 11.4. The van der Waals surface area contributed by atoms with Gasteiger partial charge < -0.3 is 14.2 Å². The number of ether oxygens (including phenoxy) is 3. The first kappa shape index (κ1) is 15.0. The first-order chi connectivity index (χ1) is 8.71. The van der Waals surface area contributed by atoms with Crippen LogP contribution in [0.4, 0.5) is 0 Å². The standard InChI is InChI=1S/C13H17BrO4/c1-16-12(13(15)17-2)9-10-4-3-5-11(8-10)18-7-6-14/h3-5,8,12H,6-7,9H2,1-2H3/t12-/m0/s1. The molecule has 0 unspecified atom stereocenters. The van der Waals surface area contributed by atoms with Gasteiger partial charge in [-0.1, -0.05) is 28.1 Å². The predicted octanol–water partition coefficient (Wildman–Crippen LogP) is 2.19. The number of methoxy groups -OCH3 is 2. The smallest absolute Gasteiger partial charge is 0.335 e. The van der Waals surface area contributed by atoms with E-state index in [-0.39, 0.29) is 5.97 Å². The number of rotatable bonds is 7. The zero-order chi connectivity index (χ0) is 13.4. The van der Waals surface area contributed by atoms with Crippen molar-refractivity contribution in [3.63, 3.8) is 0 Å². The lowest BCUT2D eigenvalue weighted by Crippen LogP contribution is -2.26. The molecule has 0 fully saturated rings. The van der Waals surface area contributed by atoms with Gasteiger partial charge in [0.2, 0.25) is 0 Å². The van der Waals surface area contributed by atoms with Crippen LogP contribution in [0.25, 0.3) is 0 Å². The fourth-order valence-electron chi connectivity index (χ4n) is 1.53. The van der Waals surface area contributed by atoms with Gasteiger partial charge in [0.25, 0.3) is 0 Å². The minimum absolute atomic E-state index is 0.371. The zero-order valence-corrected chi connectivity index (χ0v) is 12.1. The van der Waals surface area contributed by atoms with Crippen molar-refractivity contribution in [3.05, 3.63) is 29.8 Å². The van der Waals surface area contributed by atoms with Crippen LogP contribution in [0.5, 0.6) is 5.75 Å². The van der Waals surface area contributed by atoms with E-state index >= 15 is 0 Å². The molecule has 0 spiro atoms. The number of hydrogen-bond acceptors (Lipinski definition) is 4. The van der Waals surface area contributed by atoms with Gasteiger partial charge in [-0.3, -0.25) is 0 Å². The Hall–Kier alpha value is -1.07. The van der Waals surface area contributed by atoms with Crippen molar-refractivity contribution in [3.8, 4) is 5.75 Å². The van der Waals surface area contributed by atoms with E-state index in [1.807, 2.05) is 24.3 Å². The molecule has 0 saturated carbocycles. The van der Waals surface area contributed by atoms with Crippen LogP contribution >= 0.6 is 15.9 Å². The number of esters is 1. The molecule has 0 aliphatic carbocycles. The maximum Gasteiger partial charge on any atom is 0.335 e. The lowest BCUT2D eigenvalue weighted by Gasteiger charge is -2.13. The summed E-state index contributed by atoms with van der Waals surface area (Å²) >= 11 is 3.30. The molecule has 1 atom stereocenters. The molecular formula is C13H17BrO4. The molecule has 0 N–H and O–H groups in total. The monoisotopic (exact) mass is 316 g/mol. The van der Waals surface area contributed by atoms with E-state index < -0.39 is 6.10 Å². The maximum atomic E-state index is 11.4. The van der Waals surface area contributed by atoms with Crippen LogP contribution in [0.15, 0.2) is 24.3 Å². The molecule has 1 aromatic carbocycles. The second-order valence-electron chi connectivity index (χ2n) is 3.64. The Labute approximate surface area is 115 Å². The molecule has 0 aliphatic rings. The molecule has 18 heavy (non-hydrogen) atoms.